The first-order chi connectivity index (χ1) is 18.1. The monoisotopic (exact) mass is 625 g/mol. The molecule has 0 amide bonds. The largest absolute Gasteiger partial charge is 1.00 e. The van der Waals surface area contributed by atoms with E-state index >= 15 is 0 Å². The summed E-state index contributed by atoms with van der Waals surface area (Å²) >= 11 is -1.22. The van der Waals surface area contributed by atoms with Gasteiger partial charge < -0.3 is 24.8 Å². The summed E-state index contributed by atoms with van der Waals surface area (Å²) in [4.78, 5) is 0. The van der Waals surface area contributed by atoms with Crippen molar-refractivity contribution >= 4 is 12.1 Å². The minimum absolute atomic E-state index is 0. The third-order valence-corrected chi connectivity index (χ3v) is 11.9. The summed E-state index contributed by atoms with van der Waals surface area (Å²) in [5.74, 6) is 0. The second-order valence-corrected chi connectivity index (χ2v) is 13.7. The Kier molecular flexibility index (Phi) is 9.49. The molecule has 39 heavy (non-hydrogen) atoms. The van der Waals surface area contributed by atoms with Crippen LogP contribution in [0.3, 0.4) is 0 Å². The first kappa shape index (κ1) is 29.7. The van der Waals surface area contributed by atoms with E-state index in [0.717, 1.165) is 6.42 Å². The fourth-order valence-electron chi connectivity index (χ4n) is 6.24. The van der Waals surface area contributed by atoms with E-state index in [4.69, 9.17) is 0 Å². The van der Waals surface area contributed by atoms with Crippen LogP contribution in [0.1, 0.15) is 49.8 Å². The molecule has 3 aliphatic carbocycles. The van der Waals surface area contributed by atoms with Crippen molar-refractivity contribution in [3.8, 4) is 0 Å². The summed E-state index contributed by atoms with van der Waals surface area (Å²) in [6.07, 6.45) is 15.3. The van der Waals surface area contributed by atoms with Crippen molar-refractivity contribution in [1.82, 2.24) is 0 Å². The fourth-order valence-corrected chi connectivity index (χ4v) is 10.2. The molecule has 0 N–H and O–H groups in total. The third-order valence-electron chi connectivity index (χ3n) is 7.93. The molecule has 195 valence electrons. The molecule has 0 aromatic heterocycles. The zero-order valence-electron chi connectivity index (χ0n) is 22.8. The standard InChI is InChI=1S/C23H23.C13H10.2ClH.Zr/c1-4-12-23(3)13-11-20-19-10-9-16(2)14-18(19)15-21(20)22(23)17-7-5-6-8-17;1-3-7-12(8-4-1)11-13-9-5-2-6-10-13;;;/h5-7,9-11,13-14H,4,8,12H2,1-3H3;1-10H;2*1H;/q;;;;+2/p-2. The third kappa shape index (κ3) is 5.52. The van der Waals surface area contributed by atoms with Gasteiger partial charge in [0.25, 0.3) is 0 Å². The van der Waals surface area contributed by atoms with Crippen molar-refractivity contribution in [3.05, 3.63) is 153 Å². The maximum Gasteiger partial charge on any atom is -1.00 e. The van der Waals surface area contributed by atoms with E-state index in [2.05, 4.69) is 130 Å². The first-order valence-corrected chi connectivity index (χ1v) is 16.0. The predicted octanol–water partition coefficient (Wildman–Crippen LogP) is 1.19. The second kappa shape index (κ2) is 12.5. The first-order valence-electron chi connectivity index (χ1n) is 13.5. The van der Waals surface area contributed by atoms with Gasteiger partial charge in [0.1, 0.15) is 0 Å². The van der Waals surface area contributed by atoms with Gasteiger partial charge in [0, 0.05) is 0 Å². The van der Waals surface area contributed by atoms with Gasteiger partial charge in [-0.1, -0.05) is 0 Å². The van der Waals surface area contributed by atoms with Gasteiger partial charge in [0.15, 0.2) is 0 Å². The summed E-state index contributed by atoms with van der Waals surface area (Å²) in [5, 5.41) is 2.91. The summed E-state index contributed by atoms with van der Waals surface area (Å²) in [6.45, 7) is 7.04. The van der Waals surface area contributed by atoms with E-state index in [9.17, 15) is 0 Å². The van der Waals surface area contributed by atoms with Gasteiger partial charge >= 0.3 is 233 Å². The summed E-state index contributed by atoms with van der Waals surface area (Å²) in [6, 6.07) is 29.4. The van der Waals surface area contributed by atoms with Crippen LogP contribution in [0.4, 0.5) is 0 Å². The van der Waals surface area contributed by atoms with E-state index in [1.54, 1.807) is 17.6 Å². The molecule has 3 aromatic rings. The molecule has 3 aliphatic rings. The SMILES string of the molecule is CCCC1(C)C=CC2=c3ccc(C)cc3=[C]([Zr+2]=[C](c3ccccc3)c3ccccc3)C2=C1C1=CC=CC1.[Cl-].[Cl-]. The molecule has 3 heteroatoms. The topological polar surface area (TPSA) is 0 Å². The van der Waals surface area contributed by atoms with Crippen molar-refractivity contribution in [2.45, 2.75) is 40.0 Å². The predicted molar refractivity (Wildman–Crippen MR) is 154 cm³/mol. The molecule has 6 rings (SSSR count). The van der Waals surface area contributed by atoms with Gasteiger partial charge in [-0.05, 0) is 0 Å². The summed E-state index contributed by atoms with van der Waals surface area (Å²) < 4.78 is 3.21. The number of allylic oxidation sites excluding steroid dienone is 8. The van der Waals surface area contributed by atoms with Crippen molar-refractivity contribution in [3.63, 3.8) is 0 Å². The molecule has 0 aliphatic heterocycles. The Hall–Kier alpha value is -2.31. The molecule has 0 saturated heterocycles. The zero-order chi connectivity index (χ0) is 25.4. The van der Waals surface area contributed by atoms with Crippen molar-refractivity contribution in [2.24, 2.45) is 5.41 Å². The van der Waals surface area contributed by atoms with Crippen LogP contribution in [-0.2, 0) is 22.8 Å². The fraction of sp³-hybridized carbons (Fsp3) is 0.194. The summed E-state index contributed by atoms with van der Waals surface area (Å²) in [7, 11) is 0. The number of aryl methyl sites for hydroxylation is 1. The molecule has 0 nitrogen and oxygen atoms in total. The number of hydrogen-bond acceptors (Lipinski definition) is 0. The van der Waals surface area contributed by atoms with Crippen molar-refractivity contribution in [1.29, 1.82) is 0 Å². The smallest absolute Gasteiger partial charge is 1.00 e. The Morgan fingerprint density at radius 1 is 0.872 bits per heavy atom. The Labute approximate surface area is 256 Å². The minimum atomic E-state index is -1.22. The van der Waals surface area contributed by atoms with E-state index in [0.29, 0.717) is 0 Å². The molecule has 0 fully saturated rings. The van der Waals surface area contributed by atoms with Gasteiger partial charge in [-0.25, -0.2) is 0 Å². The van der Waals surface area contributed by atoms with Gasteiger partial charge in [-0.2, -0.15) is 0 Å². The molecule has 0 radical (unpaired) electrons. The molecule has 3 aromatic carbocycles. The van der Waals surface area contributed by atoms with E-state index in [1.807, 2.05) is 0 Å². The maximum absolute atomic E-state index is 2.51. The van der Waals surface area contributed by atoms with Gasteiger partial charge in [0.2, 0.25) is 0 Å². The average molecular weight is 628 g/mol. The minimum Gasteiger partial charge on any atom is -1.00 e. The number of fused-ring (bicyclic) bond motifs is 2. The molecule has 0 heterocycles. The number of rotatable bonds is 6. The average Bonchev–Trinajstić information content (AvgIpc) is 3.55. The van der Waals surface area contributed by atoms with Crippen LogP contribution in [0, 0.1) is 12.3 Å². The second-order valence-electron chi connectivity index (χ2n) is 10.6. The molecule has 0 saturated carbocycles. The normalized spacial score (nSPS) is 18.6. The van der Waals surface area contributed by atoms with Gasteiger partial charge in [-0.15, -0.1) is 0 Å². The Morgan fingerprint density at radius 2 is 1.54 bits per heavy atom. The maximum atomic E-state index is 2.51. The zero-order valence-corrected chi connectivity index (χ0v) is 26.7. The Morgan fingerprint density at radius 3 is 2.13 bits per heavy atom. The van der Waals surface area contributed by atoms with Crippen LogP contribution >= 0.6 is 0 Å². The van der Waals surface area contributed by atoms with Gasteiger partial charge in [-0.3, -0.25) is 0 Å². The van der Waals surface area contributed by atoms with Gasteiger partial charge in [0.05, 0.1) is 0 Å². The van der Waals surface area contributed by atoms with Crippen LogP contribution in [0.15, 0.2) is 126 Å². The Balaban J connectivity index is 0.00000176. The van der Waals surface area contributed by atoms with Crippen molar-refractivity contribution < 1.29 is 47.6 Å². The van der Waals surface area contributed by atoms with Crippen LogP contribution in [0.5, 0.6) is 0 Å². The molecule has 0 spiro atoms. The van der Waals surface area contributed by atoms with Crippen LogP contribution in [0.25, 0.3) is 8.85 Å². The number of benzene rings is 3. The Bertz CT molecular complexity index is 1610. The van der Waals surface area contributed by atoms with Crippen molar-refractivity contribution in [2.75, 3.05) is 0 Å². The van der Waals surface area contributed by atoms with E-state index in [1.165, 1.54) is 51.1 Å². The molecule has 0 bridgehead atoms. The molecule has 1 unspecified atom stereocenters. The van der Waals surface area contributed by atoms with E-state index in [-0.39, 0.29) is 30.2 Å². The van der Waals surface area contributed by atoms with Crippen LogP contribution in [-0.4, -0.2) is 3.21 Å². The quantitative estimate of drug-likeness (QED) is 0.386. The summed E-state index contributed by atoms with van der Waals surface area (Å²) in [5.41, 5.74) is 10.3. The number of hydrogen-bond donors (Lipinski definition) is 0. The van der Waals surface area contributed by atoms with Crippen LogP contribution < -0.4 is 35.3 Å². The number of halogens is 2. The molecular formula is C36H33Cl2Zr. The molecular weight excluding hydrogens is 595 g/mol. The van der Waals surface area contributed by atoms with E-state index < -0.39 is 22.8 Å². The molecule has 1 atom stereocenters. The van der Waals surface area contributed by atoms with Crippen LogP contribution in [0.2, 0.25) is 0 Å².